The molecule has 0 aliphatic heterocycles. The SMILES string of the molecule is COc1ccc(-c2coc3cc(OC)c(/C(C)=C/C(=O)Nc4ccc(Br)cc4)cc23)cc1. The molecular weight excluding hydrogens is 470 g/mol. The highest BCUT2D eigenvalue weighted by atomic mass is 79.9. The van der Waals surface area contributed by atoms with Crippen molar-refractivity contribution < 1.29 is 18.7 Å². The minimum Gasteiger partial charge on any atom is -0.497 e. The zero-order valence-corrected chi connectivity index (χ0v) is 19.5. The van der Waals surface area contributed by atoms with Gasteiger partial charge in [0, 0.05) is 38.8 Å². The van der Waals surface area contributed by atoms with E-state index in [2.05, 4.69) is 21.2 Å². The van der Waals surface area contributed by atoms with Gasteiger partial charge < -0.3 is 19.2 Å². The molecule has 0 radical (unpaired) electrons. The van der Waals surface area contributed by atoms with E-state index in [4.69, 9.17) is 13.9 Å². The summed E-state index contributed by atoms with van der Waals surface area (Å²) in [5.41, 5.74) is 5.00. The molecular formula is C26H22BrNO4. The average Bonchev–Trinajstić information content (AvgIpc) is 3.22. The largest absolute Gasteiger partial charge is 0.497 e. The summed E-state index contributed by atoms with van der Waals surface area (Å²) in [6.07, 6.45) is 3.30. The van der Waals surface area contributed by atoms with E-state index in [0.717, 1.165) is 43.6 Å². The minimum absolute atomic E-state index is 0.213. The van der Waals surface area contributed by atoms with Gasteiger partial charge in [-0.15, -0.1) is 0 Å². The summed E-state index contributed by atoms with van der Waals surface area (Å²) in [7, 11) is 3.25. The van der Waals surface area contributed by atoms with Crippen LogP contribution in [0.4, 0.5) is 5.69 Å². The van der Waals surface area contributed by atoms with Gasteiger partial charge in [0.2, 0.25) is 5.91 Å². The Hall–Kier alpha value is -3.51. The van der Waals surface area contributed by atoms with E-state index in [9.17, 15) is 4.79 Å². The molecule has 5 nitrogen and oxygen atoms in total. The fourth-order valence-electron chi connectivity index (χ4n) is 3.51. The van der Waals surface area contributed by atoms with Crippen LogP contribution in [0.5, 0.6) is 11.5 Å². The van der Waals surface area contributed by atoms with Crippen LogP contribution in [0, 0.1) is 0 Å². The Bertz CT molecular complexity index is 1290. The molecule has 1 aromatic heterocycles. The predicted molar refractivity (Wildman–Crippen MR) is 131 cm³/mol. The number of allylic oxidation sites excluding steroid dienone is 1. The molecule has 1 heterocycles. The number of carbonyl (C=O) groups is 1. The molecule has 1 amide bonds. The summed E-state index contributed by atoms with van der Waals surface area (Å²) in [6, 6.07) is 19.1. The molecule has 0 spiro atoms. The number of methoxy groups -OCH3 is 2. The molecule has 6 heteroatoms. The lowest BCUT2D eigenvalue weighted by Crippen LogP contribution is -2.08. The van der Waals surface area contributed by atoms with Crippen molar-refractivity contribution in [3.8, 4) is 22.6 Å². The van der Waals surface area contributed by atoms with Crippen molar-refractivity contribution in [2.75, 3.05) is 19.5 Å². The first-order chi connectivity index (χ1) is 15.5. The van der Waals surface area contributed by atoms with Gasteiger partial charge in [-0.3, -0.25) is 4.79 Å². The summed E-state index contributed by atoms with van der Waals surface area (Å²) in [6.45, 7) is 1.89. The summed E-state index contributed by atoms with van der Waals surface area (Å²) in [5, 5.41) is 3.82. The third kappa shape index (κ3) is 4.55. The number of carbonyl (C=O) groups excluding carboxylic acids is 1. The van der Waals surface area contributed by atoms with Gasteiger partial charge >= 0.3 is 0 Å². The Balaban J connectivity index is 1.69. The highest BCUT2D eigenvalue weighted by molar-refractivity contribution is 9.10. The number of nitrogens with one attached hydrogen (secondary N) is 1. The van der Waals surface area contributed by atoms with Gasteiger partial charge in [-0.2, -0.15) is 0 Å². The topological polar surface area (TPSA) is 60.7 Å². The predicted octanol–water partition coefficient (Wildman–Crippen LogP) is 6.92. The third-order valence-electron chi connectivity index (χ3n) is 5.18. The highest BCUT2D eigenvalue weighted by Crippen LogP contribution is 2.37. The van der Waals surface area contributed by atoms with Gasteiger partial charge in [0.25, 0.3) is 0 Å². The Morgan fingerprint density at radius 1 is 1.00 bits per heavy atom. The molecule has 0 unspecified atom stereocenters. The molecule has 0 atom stereocenters. The van der Waals surface area contributed by atoms with E-state index in [-0.39, 0.29) is 5.91 Å². The van der Waals surface area contributed by atoms with Crippen LogP contribution in [0.3, 0.4) is 0 Å². The fraction of sp³-hybridized carbons (Fsp3) is 0.115. The molecule has 3 aromatic carbocycles. The molecule has 32 heavy (non-hydrogen) atoms. The Morgan fingerprint density at radius 3 is 2.38 bits per heavy atom. The van der Waals surface area contributed by atoms with Gasteiger partial charge in [0.1, 0.15) is 17.1 Å². The molecule has 4 aromatic rings. The number of amides is 1. The van der Waals surface area contributed by atoms with Gasteiger partial charge in [-0.25, -0.2) is 0 Å². The van der Waals surface area contributed by atoms with Crippen LogP contribution in [-0.2, 0) is 4.79 Å². The van der Waals surface area contributed by atoms with Crippen molar-refractivity contribution in [2.24, 2.45) is 0 Å². The Morgan fingerprint density at radius 2 is 1.72 bits per heavy atom. The second-order valence-corrected chi connectivity index (χ2v) is 8.17. The van der Waals surface area contributed by atoms with Crippen molar-refractivity contribution in [1.29, 1.82) is 0 Å². The number of rotatable bonds is 6. The van der Waals surface area contributed by atoms with E-state index >= 15 is 0 Å². The average molecular weight is 492 g/mol. The smallest absolute Gasteiger partial charge is 0.248 e. The number of benzene rings is 3. The molecule has 0 bridgehead atoms. The zero-order valence-electron chi connectivity index (χ0n) is 17.9. The quantitative estimate of drug-likeness (QED) is 0.297. The maximum absolute atomic E-state index is 12.6. The second-order valence-electron chi connectivity index (χ2n) is 7.25. The first-order valence-electron chi connectivity index (χ1n) is 9.97. The van der Waals surface area contributed by atoms with Crippen LogP contribution in [0.2, 0.25) is 0 Å². The lowest BCUT2D eigenvalue weighted by Gasteiger charge is -2.10. The van der Waals surface area contributed by atoms with Crippen LogP contribution in [0.1, 0.15) is 12.5 Å². The van der Waals surface area contributed by atoms with Crippen LogP contribution >= 0.6 is 15.9 Å². The van der Waals surface area contributed by atoms with E-state index in [1.54, 1.807) is 26.6 Å². The Kier molecular flexibility index (Phi) is 6.32. The standard InChI is InChI=1S/C26H22BrNO4/c1-16(12-26(29)28-19-8-6-18(27)7-9-19)21-13-22-23(15-32-25(22)14-24(21)31-3)17-4-10-20(30-2)11-5-17/h4-15H,1-3H3,(H,28,29)/b16-12+. The summed E-state index contributed by atoms with van der Waals surface area (Å²) in [4.78, 5) is 12.6. The van der Waals surface area contributed by atoms with Crippen molar-refractivity contribution in [2.45, 2.75) is 6.92 Å². The van der Waals surface area contributed by atoms with Crippen molar-refractivity contribution >= 4 is 44.1 Å². The molecule has 0 saturated carbocycles. The van der Waals surface area contributed by atoms with Crippen LogP contribution < -0.4 is 14.8 Å². The summed E-state index contributed by atoms with van der Waals surface area (Å²) in [5.74, 6) is 1.22. The number of fused-ring (bicyclic) bond motifs is 1. The van der Waals surface area contributed by atoms with Gasteiger partial charge in [0.05, 0.1) is 20.5 Å². The molecule has 0 saturated heterocycles. The highest BCUT2D eigenvalue weighted by Gasteiger charge is 2.15. The lowest BCUT2D eigenvalue weighted by molar-refractivity contribution is -0.111. The number of ether oxygens (including phenoxy) is 2. The van der Waals surface area contributed by atoms with E-state index in [1.807, 2.05) is 67.6 Å². The van der Waals surface area contributed by atoms with Crippen molar-refractivity contribution in [3.05, 3.63) is 83.0 Å². The third-order valence-corrected chi connectivity index (χ3v) is 5.71. The lowest BCUT2D eigenvalue weighted by atomic mass is 9.99. The van der Waals surface area contributed by atoms with Crippen LogP contribution in [-0.4, -0.2) is 20.1 Å². The maximum Gasteiger partial charge on any atom is 0.248 e. The monoisotopic (exact) mass is 491 g/mol. The summed E-state index contributed by atoms with van der Waals surface area (Å²) >= 11 is 3.39. The summed E-state index contributed by atoms with van der Waals surface area (Å²) < 4.78 is 17.6. The van der Waals surface area contributed by atoms with E-state index in [0.29, 0.717) is 11.3 Å². The fourth-order valence-corrected chi connectivity index (χ4v) is 3.78. The zero-order chi connectivity index (χ0) is 22.7. The first kappa shape index (κ1) is 21.7. The first-order valence-corrected chi connectivity index (χ1v) is 10.8. The number of anilines is 1. The number of hydrogen-bond donors (Lipinski definition) is 1. The molecule has 0 aliphatic carbocycles. The van der Waals surface area contributed by atoms with Gasteiger partial charge in [-0.1, -0.05) is 28.1 Å². The Labute approximate surface area is 194 Å². The van der Waals surface area contributed by atoms with Gasteiger partial charge in [0.15, 0.2) is 0 Å². The number of hydrogen-bond acceptors (Lipinski definition) is 4. The molecule has 0 aliphatic rings. The van der Waals surface area contributed by atoms with Crippen LogP contribution in [0.25, 0.3) is 27.7 Å². The van der Waals surface area contributed by atoms with Crippen molar-refractivity contribution in [1.82, 2.24) is 0 Å². The molecule has 0 fully saturated rings. The molecule has 1 N–H and O–H groups in total. The second kappa shape index (κ2) is 9.32. The van der Waals surface area contributed by atoms with Crippen LogP contribution in [0.15, 0.2) is 81.9 Å². The normalized spacial score (nSPS) is 11.4. The minimum atomic E-state index is -0.213. The number of halogens is 1. The van der Waals surface area contributed by atoms with E-state index in [1.165, 1.54) is 0 Å². The number of furan rings is 1. The maximum atomic E-state index is 12.6. The van der Waals surface area contributed by atoms with E-state index < -0.39 is 0 Å². The van der Waals surface area contributed by atoms with Crippen molar-refractivity contribution in [3.63, 3.8) is 0 Å². The molecule has 4 rings (SSSR count). The molecule has 162 valence electrons. The van der Waals surface area contributed by atoms with Gasteiger partial charge in [-0.05, 0) is 60.5 Å².